The summed E-state index contributed by atoms with van der Waals surface area (Å²) < 4.78 is 40.9. The molecular formula is C20H16F3N3O. The predicted octanol–water partition coefficient (Wildman–Crippen LogP) is 4.41. The van der Waals surface area contributed by atoms with Gasteiger partial charge >= 0.3 is 0 Å². The monoisotopic (exact) mass is 371 g/mol. The number of pyridine rings is 1. The van der Waals surface area contributed by atoms with Gasteiger partial charge in [0.05, 0.1) is 0 Å². The molecule has 0 aliphatic carbocycles. The summed E-state index contributed by atoms with van der Waals surface area (Å²) in [6.45, 7) is 0.404. The molecule has 1 aromatic heterocycles. The fourth-order valence-electron chi connectivity index (χ4n) is 2.50. The lowest BCUT2D eigenvalue weighted by Crippen LogP contribution is -2.15. The average Bonchev–Trinajstić information content (AvgIpc) is 2.66. The molecule has 138 valence electrons. The van der Waals surface area contributed by atoms with Crippen molar-refractivity contribution in [3.8, 4) is 0 Å². The Morgan fingerprint density at radius 3 is 2.37 bits per heavy atom. The Morgan fingerprint density at radius 2 is 1.63 bits per heavy atom. The van der Waals surface area contributed by atoms with E-state index in [0.717, 1.165) is 12.1 Å². The van der Waals surface area contributed by atoms with Crippen LogP contribution in [0.4, 0.5) is 24.7 Å². The van der Waals surface area contributed by atoms with Crippen molar-refractivity contribution in [3.05, 3.63) is 89.4 Å². The summed E-state index contributed by atoms with van der Waals surface area (Å²) in [5, 5.41) is 5.21. The van der Waals surface area contributed by atoms with Crippen LogP contribution in [0.2, 0.25) is 0 Å². The Kier molecular flexibility index (Phi) is 5.71. The van der Waals surface area contributed by atoms with Crippen LogP contribution in [0.25, 0.3) is 0 Å². The minimum Gasteiger partial charge on any atom is -0.370 e. The lowest BCUT2D eigenvalue weighted by molar-refractivity contribution is 0.102. The zero-order chi connectivity index (χ0) is 19.2. The number of nitrogens with one attached hydrogen (secondary N) is 2. The Morgan fingerprint density at radius 1 is 0.926 bits per heavy atom. The van der Waals surface area contributed by atoms with Gasteiger partial charge < -0.3 is 10.6 Å². The van der Waals surface area contributed by atoms with Crippen molar-refractivity contribution >= 4 is 17.4 Å². The third kappa shape index (κ3) is 4.63. The van der Waals surface area contributed by atoms with Crippen LogP contribution in [-0.4, -0.2) is 17.4 Å². The maximum absolute atomic E-state index is 13.7. The van der Waals surface area contributed by atoms with Crippen molar-refractivity contribution in [3.63, 3.8) is 0 Å². The molecule has 0 atom stereocenters. The van der Waals surface area contributed by atoms with Gasteiger partial charge in [0, 0.05) is 18.3 Å². The normalized spacial score (nSPS) is 10.5. The van der Waals surface area contributed by atoms with Crippen molar-refractivity contribution in [2.45, 2.75) is 6.42 Å². The van der Waals surface area contributed by atoms with Crippen molar-refractivity contribution in [2.24, 2.45) is 0 Å². The van der Waals surface area contributed by atoms with Crippen LogP contribution < -0.4 is 10.6 Å². The minimum absolute atomic E-state index is 0.182. The zero-order valence-electron chi connectivity index (χ0n) is 14.2. The molecule has 4 nitrogen and oxygen atoms in total. The molecule has 1 amide bonds. The minimum atomic E-state index is -0.861. The van der Waals surface area contributed by atoms with Gasteiger partial charge in [0.2, 0.25) is 0 Å². The van der Waals surface area contributed by atoms with Gasteiger partial charge in [-0.05, 0) is 42.3 Å². The van der Waals surface area contributed by atoms with E-state index in [2.05, 4.69) is 15.6 Å². The van der Waals surface area contributed by atoms with Crippen LogP contribution in [-0.2, 0) is 6.42 Å². The molecule has 1 heterocycles. The summed E-state index contributed by atoms with van der Waals surface area (Å²) in [7, 11) is 0. The lowest BCUT2D eigenvalue weighted by Gasteiger charge is -2.10. The number of amides is 1. The third-order valence-corrected chi connectivity index (χ3v) is 3.88. The van der Waals surface area contributed by atoms with Gasteiger partial charge in [-0.3, -0.25) is 4.79 Å². The van der Waals surface area contributed by atoms with E-state index in [9.17, 15) is 18.0 Å². The number of carbonyl (C=O) groups excluding carboxylic acids is 1. The first-order valence-corrected chi connectivity index (χ1v) is 8.23. The van der Waals surface area contributed by atoms with E-state index < -0.39 is 23.2 Å². The van der Waals surface area contributed by atoms with Gasteiger partial charge in [0.15, 0.2) is 0 Å². The summed E-state index contributed by atoms with van der Waals surface area (Å²) in [6.07, 6.45) is 1.84. The molecule has 2 N–H and O–H groups in total. The second kappa shape index (κ2) is 8.35. The van der Waals surface area contributed by atoms with E-state index in [-0.39, 0.29) is 11.4 Å². The molecule has 2 aromatic carbocycles. The second-order valence-electron chi connectivity index (χ2n) is 5.75. The number of rotatable bonds is 6. The van der Waals surface area contributed by atoms with Crippen LogP contribution >= 0.6 is 0 Å². The molecule has 27 heavy (non-hydrogen) atoms. The van der Waals surface area contributed by atoms with Crippen molar-refractivity contribution in [2.75, 3.05) is 17.2 Å². The molecule has 0 fully saturated rings. The Bertz CT molecular complexity index is 942. The SMILES string of the molecule is O=C(Nc1c(F)cccc1F)c1ccnc(NCCc2ccccc2F)c1. The maximum atomic E-state index is 13.7. The van der Waals surface area contributed by atoms with Gasteiger partial charge in [-0.25, -0.2) is 18.2 Å². The van der Waals surface area contributed by atoms with Gasteiger partial charge in [0.1, 0.15) is 29.0 Å². The molecule has 0 unspecified atom stereocenters. The predicted molar refractivity (Wildman–Crippen MR) is 97.1 cm³/mol. The van der Waals surface area contributed by atoms with Crippen LogP contribution in [0.5, 0.6) is 0 Å². The molecular weight excluding hydrogens is 355 g/mol. The molecule has 0 aliphatic heterocycles. The molecule has 0 aliphatic rings. The third-order valence-electron chi connectivity index (χ3n) is 3.88. The topological polar surface area (TPSA) is 54.0 Å². The van der Waals surface area contributed by atoms with Crippen LogP contribution in [0, 0.1) is 17.5 Å². The quantitative estimate of drug-likeness (QED) is 0.675. The van der Waals surface area contributed by atoms with Crippen molar-refractivity contribution < 1.29 is 18.0 Å². The number of hydrogen-bond acceptors (Lipinski definition) is 3. The molecule has 0 bridgehead atoms. The second-order valence-corrected chi connectivity index (χ2v) is 5.75. The smallest absolute Gasteiger partial charge is 0.256 e. The van der Waals surface area contributed by atoms with Gasteiger partial charge in [-0.15, -0.1) is 0 Å². The van der Waals surface area contributed by atoms with Gasteiger partial charge in [-0.1, -0.05) is 24.3 Å². The number of benzene rings is 2. The van der Waals surface area contributed by atoms with E-state index in [1.54, 1.807) is 18.2 Å². The highest BCUT2D eigenvalue weighted by atomic mass is 19.1. The number of nitrogens with zero attached hydrogens (tertiary/aromatic N) is 1. The van der Waals surface area contributed by atoms with Gasteiger partial charge in [-0.2, -0.15) is 0 Å². The van der Waals surface area contributed by atoms with Crippen molar-refractivity contribution in [1.29, 1.82) is 0 Å². The number of halogens is 3. The molecule has 0 saturated heterocycles. The van der Waals surface area contributed by atoms with Crippen LogP contribution in [0.3, 0.4) is 0 Å². The van der Waals surface area contributed by atoms with E-state index in [0.29, 0.717) is 24.3 Å². The Balaban J connectivity index is 1.64. The number of anilines is 2. The molecule has 3 aromatic rings. The number of aromatic nitrogens is 1. The average molecular weight is 371 g/mol. The molecule has 7 heteroatoms. The Labute approximate surface area is 154 Å². The van der Waals surface area contributed by atoms with Crippen molar-refractivity contribution in [1.82, 2.24) is 4.98 Å². The van der Waals surface area contributed by atoms with Crippen LogP contribution in [0.1, 0.15) is 15.9 Å². The molecule has 0 saturated carbocycles. The maximum Gasteiger partial charge on any atom is 0.256 e. The zero-order valence-corrected chi connectivity index (χ0v) is 14.2. The largest absolute Gasteiger partial charge is 0.370 e. The summed E-state index contributed by atoms with van der Waals surface area (Å²) in [6, 6.07) is 12.7. The fraction of sp³-hybridized carbons (Fsp3) is 0.100. The Hall–Kier alpha value is -3.35. The standard InChI is InChI=1S/C20H16F3N3O/c21-15-5-2-1-4-13(15)8-10-24-18-12-14(9-11-25-18)20(27)26-19-16(22)6-3-7-17(19)23/h1-7,9,11-12H,8,10H2,(H,24,25)(H,26,27). The number of para-hydroxylation sites is 1. The first-order chi connectivity index (χ1) is 13.0. The number of carbonyl (C=O) groups is 1. The first kappa shape index (κ1) is 18.4. The molecule has 0 radical (unpaired) electrons. The first-order valence-electron chi connectivity index (χ1n) is 8.23. The molecule has 0 spiro atoms. The highest BCUT2D eigenvalue weighted by molar-refractivity contribution is 6.04. The molecule has 3 rings (SSSR count). The van der Waals surface area contributed by atoms with Crippen LogP contribution in [0.15, 0.2) is 60.8 Å². The fourth-order valence-corrected chi connectivity index (χ4v) is 2.50. The summed E-state index contributed by atoms with van der Waals surface area (Å²) in [5.74, 6) is -2.28. The van der Waals surface area contributed by atoms with Gasteiger partial charge in [0.25, 0.3) is 5.91 Å². The van der Waals surface area contributed by atoms with E-state index in [1.807, 2.05) is 0 Å². The summed E-state index contributed by atoms with van der Waals surface area (Å²) in [4.78, 5) is 16.3. The number of hydrogen-bond donors (Lipinski definition) is 2. The highest BCUT2D eigenvalue weighted by Crippen LogP contribution is 2.19. The summed E-state index contributed by atoms with van der Waals surface area (Å²) in [5.41, 5.74) is 0.239. The summed E-state index contributed by atoms with van der Waals surface area (Å²) >= 11 is 0. The van der Waals surface area contributed by atoms with E-state index >= 15 is 0 Å². The lowest BCUT2D eigenvalue weighted by atomic mass is 10.1. The van der Waals surface area contributed by atoms with E-state index in [4.69, 9.17) is 0 Å². The highest BCUT2D eigenvalue weighted by Gasteiger charge is 2.14. The van der Waals surface area contributed by atoms with E-state index in [1.165, 1.54) is 30.5 Å².